The minimum absolute atomic E-state index is 0.196. The number of nitrogens with one attached hydrogen (secondary N) is 3. The highest BCUT2D eigenvalue weighted by atomic mass is 16.3. The van der Waals surface area contributed by atoms with Crippen molar-refractivity contribution in [1.82, 2.24) is 15.6 Å². The van der Waals surface area contributed by atoms with Crippen molar-refractivity contribution < 1.29 is 5.11 Å². The fourth-order valence-corrected chi connectivity index (χ4v) is 3.76. The maximum absolute atomic E-state index is 9.47. The number of rotatable bonds is 11. The van der Waals surface area contributed by atoms with Gasteiger partial charge < -0.3 is 21.1 Å². The molecule has 2 rings (SSSR count). The van der Waals surface area contributed by atoms with Crippen molar-refractivity contribution in [3.63, 3.8) is 0 Å². The average molecular weight is 376 g/mol. The van der Waals surface area contributed by atoms with E-state index in [0.29, 0.717) is 0 Å². The van der Waals surface area contributed by atoms with Gasteiger partial charge in [-0.15, -0.1) is 0 Å². The number of anilines is 1. The summed E-state index contributed by atoms with van der Waals surface area (Å²) in [6.07, 6.45) is 11.1. The van der Waals surface area contributed by atoms with Crippen LogP contribution in [0.25, 0.3) is 0 Å². The fraction of sp³-hybridized carbons (Fsp3) is 0.714. The summed E-state index contributed by atoms with van der Waals surface area (Å²) in [5.41, 5.74) is 0.196. The Kier molecular flexibility index (Phi) is 9.98. The molecule has 1 aliphatic rings. The second-order valence-electron chi connectivity index (χ2n) is 7.51. The highest BCUT2D eigenvalue weighted by molar-refractivity contribution is 5.79. The van der Waals surface area contributed by atoms with Gasteiger partial charge in [-0.3, -0.25) is 4.99 Å². The van der Waals surface area contributed by atoms with Crippen molar-refractivity contribution >= 4 is 11.8 Å². The molecule has 6 heteroatoms. The Morgan fingerprint density at radius 3 is 2.67 bits per heavy atom. The van der Waals surface area contributed by atoms with E-state index >= 15 is 0 Å². The van der Waals surface area contributed by atoms with Gasteiger partial charge in [0.1, 0.15) is 5.82 Å². The summed E-state index contributed by atoms with van der Waals surface area (Å²) in [5.74, 6) is 1.83. The molecule has 1 aromatic heterocycles. The number of aliphatic hydroxyl groups is 1. The van der Waals surface area contributed by atoms with Gasteiger partial charge in [0, 0.05) is 39.0 Å². The van der Waals surface area contributed by atoms with Crippen molar-refractivity contribution in [2.45, 2.75) is 58.3 Å². The third-order valence-electron chi connectivity index (χ3n) is 5.34. The van der Waals surface area contributed by atoms with E-state index in [2.05, 4.69) is 27.9 Å². The highest BCUT2D eigenvalue weighted by Gasteiger charge is 2.31. The van der Waals surface area contributed by atoms with Crippen molar-refractivity contribution in [2.24, 2.45) is 10.4 Å². The zero-order valence-corrected chi connectivity index (χ0v) is 16.8. The van der Waals surface area contributed by atoms with Gasteiger partial charge in [-0.2, -0.15) is 0 Å². The van der Waals surface area contributed by atoms with Gasteiger partial charge in [0.25, 0.3) is 0 Å². The molecule has 0 bridgehead atoms. The Hall–Kier alpha value is -1.82. The smallest absolute Gasteiger partial charge is 0.191 e. The number of unbranched alkanes of at least 4 members (excludes halogenated alkanes) is 1. The van der Waals surface area contributed by atoms with Crippen molar-refractivity contribution in [1.29, 1.82) is 0 Å². The van der Waals surface area contributed by atoms with Gasteiger partial charge in [-0.25, -0.2) is 4.98 Å². The Balaban J connectivity index is 1.71. The SMILES string of the molecule is CCNC(=NCC1(CCO)CCCCC1)NCCCCNc1ccccn1. The number of aromatic nitrogens is 1. The van der Waals surface area contributed by atoms with Crippen LogP contribution in [0, 0.1) is 5.41 Å². The number of aliphatic imine (C=N–C) groups is 1. The van der Waals surface area contributed by atoms with Crippen molar-refractivity contribution in [2.75, 3.05) is 38.1 Å². The standard InChI is InChI=1S/C21H37N5O/c1-2-22-20(26-18-21(13-17-27)11-5-3-6-12-21)25-16-9-8-15-24-19-10-4-7-14-23-19/h4,7,10,14,27H,2-3,5-6,8-9,11-13,15-18H2,1H3,(H,23,24)(H2,22,25,26). The summed E-state index contributed by atoms with van der Waals surface area (Å²) in [4.78, 5) is 9.12. The Labute approximate surface area is 164 Å². The van der Waals surface area contributed by atoms with E-state index in [1.54, 1.807) is 6.20 Å². The van der Waals surface area contributed by atoms with Crippen LogP contribution in [0.5, 0.6) is 0 Å². The van der Waals surface area contributed by atoms with Gasteiger partial charge in [0.15, 0.2) is 5.96 Å². The van der Waals surface area contributed by atoms with Crippen LogP contribution < -0.4 is 16.0 Å². The second-order valence-corrected chi connectivity index (χ2v) is 7.51. The van der Waals surface area contributed by atoms with Gasteiger partial charge in [0.2, 0.25) is 0 Å². The first-order chi connectivity index (χ1) is 13.3. The predicted octanol–water partition coefficient (Wildman–Crippen LogP) is 3.16. The number of hydrogen-bond acceptors (Lipinski definition) is 4. The summed E-state index contributed by atoms with van der Waals surface area (Å²) in [5, 5.41) is 19.6. The molecule has 1 aromatic rings. The van der Waals surface area contributed by atoms with Crippen LogP contribution in [-0.2, 0) is 0 Å². The molecule has 1 heterocycles. The average Bonchev–Trinajstić information content (AvgIpc) is 2.70. The number of nitrogens with zero attached hydrogens (tertiary/aromatic N) is 2. The molecule has 0 aliphatic heterocycles. The number of pyridine rings is 1. The van der Waals surface area contributed by atoms with Crippen LogP contribution in [-0.4, -0.2) is 48.8 Å². The predicted molar refractivity (Wildman–Crippen MR) is 113 cm³/mol. The van der Waals surface area contributed by atoms with Crippen LogP contribution in [0.4, 0.5) is 5.82 Å². The molecule has 1 fully saturated rings. The van der Waals surface area contributed by atoms with E-state index in [9.17, 15) is 5.11 Å². The Morgan fingerprint density at radius 2 is 1.96 bits per heavy atom. The molecule has 27 heavy (non-hydrogen) atoms. The van der Waals surface area contributed by atoms with E-state index in [0.717, 1.165) is 57.2 Å². The topological polar surface area (TPSA) is 81.6 Å². The molecule has 152 valence electrons. The molecular formula is C21H37N5O. The summed E-state index contributed by atoms with van der Waals surface area (Å²) >= 11 is 0. The van der Waals surface area contributed by atoms with E-state index in [1.807, 2.05) is 18.2 Å². The normalized spacial score (nSPS) is 16.7. The number of aliphatic hydroxyl groups excluding tert-OH is 1. The lowest BCUT2D eigenvalue weighted by atomic mass is 9.72. The van der Waals surface area contributed by atoms with Gasteiger partial charge in [-0.05, 0) is 56.6 Å². The maximum atomic E-state index is 9.47. The zero-order chi connectivity index (χ0) is 19.2. The fourth-order valence-electron chi connectivity index (χ4n) is 3.76. The van der Waals surface area contributed by atoms with Crippen molar-refractivity contribution in [3.05, 3.63) is 24.4 Å². The molecule has 0 aromatic carbocycles. The summed E-state index contributed by atoms with van der Waals surface area (Å²) < 4.78 is 0. The third kappa shape index (κ3) is 8.16. The molecule has 1 aliphatic carbocycles. The van der Waals surface area contributed by atoms with Crippen LogP contribution >= 0.6 is 0 Å². The molecule has 0 amide bonds. The minimum atomic E-state index is 0.196. The molecule has 0 unspecified atom stereocenters. The highest BCUT2D eigenvalue weighted by Crippen LogP contribution is 2.39. The first-order valence-electron chi connectivity index (χ1n) is 10.6. The van der Waals surface area contributed by atoms with Gasteiger partial charge in [-0.1, -0.05) is 25.3 Å². The molecule has 4 N–H and O–H groups in total. The zero-order valence-electron chi connectivity index (χ0n) is 16.8. The first-order valence-corrected chi connectivity index (χ1v) is 10.6. The lowest BCUT2D eigenvalue weighted by Crippen LogP contribution is -2.39. The molecule has 1 saturated carbocycles. The van der Waals surface area contributed by atoms with Gasteiger partial charge >= 0.3 is 0 Å². The third-order valence-corrected chi connectivity index (χ3v) is 5.34. The largest absolute Gasteiger partial charge is 0.396 e. The van der Waals surface area contributed by atoms with E-state index in [4.69, 9.17) is 4.99 Å². The monoisotopic (exact) mass is 375 g/mol. The van der Waals surface area contributed by atoms with Gasteiger partial charge in [0.05, 0.1) is 0 Å². The maximum Gasteiger partial charge on any atom is 0.191 e. The molecule has 0 radical (unpaired) electrons. The van der Waals surface area contributed by atoms with E-state index in [-0.39, 0.29) is 12.0 Å². The van der Waals surface area contributed by atoms with E-state index in [1.165, 1.54) is 32.1 Å². The van der Waals surface area contributed by atoms with E-state index < -0.39 is 0 Å². The van der Waals surface area contributed by atoms with Crippen LogP contribution in [0.15, 0.2) is 29.4 Å². The Bertz CT molecular complexity index is 523. The van der Waals surface area contributed by atoms with Crippen LogP contribution in [0.1, 0.15) is 58.3 Å². The minimum Gasteiger partial charge on any atom is -0.396 e. The molecule has 0 atom stereocenters. The van der Waals surface area contributed by atoms with Crippen LogP contribution in [0.3, 0.4) is 0 Å². The first kappa shape index (κ1) is 21.5. The summed E-state index contributed by atoms with van der Waals surface area (Å²) in [6, 6.07) is 5.91. The van der Waals surface area contributed by atoms with Crippen LogP contribution in [0.2, 0.25) is 0 Å². The number of hydrogen-bond donors (Lipinski definition) is 4. The second kappa shape index (κ2) is 12.5. The molecule has 0 saturated heterocycles. The summed E-state index contributed by atoms with van der Waals surface area (Å²) in [6.45, 7) is 5.86. The molecular weight excluding hydrogens is 338 g/mol. The van der Waals surface area contributed by atoms with Crippen molar-refractivity contribution in [3.8, 4) is 0 Å². The molecule has 0 spiro atoms. The summed E-state index contributed by atoms with van der Waals surface area (Å²) in [7, 11) is 0. The lowest BCUT2D eigenvalue weighted by molar-refractivity contribution is 0.137. The Morgan fingerprint density at radius 1 is 1.15 bits per heavy atom. The lowest BCUT2D eigenvalue weighted by Gasteiger charge is -2.35. The quantitative estimate of drug-likeness (QED) is 0.271. The molecule has 6 nitrogen and oxygen atoms in total. The number of guanidine groups is 1.